The maximum Gasteiger partial charge on any atom is 0.245 e. The summed E-state index contributed by atoms with van der Waals surface area (Å²) in [5.74, 6) is 0. The fourth-order valence-corrected chi connectivity index (χ4v) is 4.31. The highest BCUT2D eigenvalue weighted by atomic mass is 32.2. The smallest absolute Gasteiger partial charge is 0.245 e. The number of para-hydroxylation sites is 1. The number of hydrogen-bond acceptors (Lipinski definition) is 4. The maximum atomic E-state index is 12.7. The van der Waals surface area contributed by atoms with Crippen molar-refractivity contribution in [2.45, 2.75) is 37.2 Å². The van der Waals surface area contributed by atoms with Crippen LogP contribution in [0.4, 0.5) is 5.69 Å². The fraction of sp³-hybridized carbons (Fsp3) is 0.571. The van der Waals surface area contributed by atoms with Gasteiger partial charge in [0, 0.05) is 19.6 Å². The van der Waals surface area contributed by atoms with Crippen LogP contribution in [-0.2, 0) is 10.0 Å². The van der Waals surface area contributed by atoms with Crippen molar-refractivity contribution in [3.05, 3.63) is 24.3 Å². The third-order valence-electron chi connectivity index (χ3n) is 3.51. The average molecular weight is 298 g/mol. The summed E-state index contributed by atoms with van der Waals surface area (Å²) >= 11 is 0. The van der Waals surface area contributed by atoms with Crippen LogP contribution in [0.2, 0.25) is 0 Å². The molecule has 0 radical (unpaired) electrons. The number of piperidine rings is 1. The number of nitrogens with zero attached hydrogens (tertiary/aromatic N) is 1. The summed E-state index contributed by atoms with van der Waals surface area (Å²) in [5, 5.41) is 13.2. The minimum Gasteiger partial charge on any atom is -0.389 e. The van der Waals surface area contributed by atoms with E-state index in [-0.39, 0.29) is 11.4 Å². The summed E-state index contributed by atoms with van der Waals surface area (Å²) in [5.41, 5.74) is -0.335. The predicted octanol–water partition coefficient (Wildman–Crippen LogP) is 1.65. The molecule has 1 aliphatic rings. The Morgan fingerprint density at radius 1 is 1.40 bits per heavy atom. The fourth-order valence-electron chi connectivity index (χ4n) is 2.55. The first-order valence-electron chi connectivity index (χ1n) is 6.92. The Morgan fingerprint density at radius 2 is 2.10 bits per heavy atom. The summed E-state index contributed by atoms with van der Waals surface area (Å²) in [7, 11) is -3.58. The second-order valence-corrected chi connectivity index (χ2v) is 7.37. The summed E-state index contributed by atoms with van der Waals surface area (Å²) in [4.78, 5) is 0.277. The van der Waals surface area contributed by atoms with Gasteiger partial charge in [0.15, 0.2) is 0 Å². The quantitative estimate of drug-likeness (QED) is 0.887. The van der Waals surface area contributed by atoms with Crippen LogP contribution >= 0.6 is 0 Å². The van der Waals surface area contributed by atoms with Crippen molar-refractivity contribution in [2.24, 2.45) is 0 Å². The molecule has 0 spiro atoms. The molecule has 1 heterocycles. The lowest BCUT2D eigenvalue weighted by molar-refractivity contribution is 0.00941. The van der Waals surface area contributed by atoms with Crippen LogP contribution in [-0.4, -0.2) is 43.1 Å². The van der Waals surface area contributed by atoms with Gasteiger partial charge in [-0.2, -0.15) is 4.31 Å². The zero-order valence-electron chi connectivity index (χ0n) is 12.0. The number of β-amino-alcohol motifs (C(OH)–C–C–N with tert-alkyl or cyclic N) is 1. The first kappa shape index (κ1) is 15.3. The second kappa shape index (κ2) is 5.71. The van der Waals surface area contributed by atoms with E-state index in [1.165, 1.54) is 4.31 Å². The standard InChI is InChI=1S/C14H22N2O3S/c1-3-15-12-7-4-5-8-13(12)20(18,19)16-10-6-9-14(2,17)11-16/h4-5,7-8,15,17H,3,6,9-11H2,1-2H3. The topological polar surface area (TPSA) is 69.6 Å². The number of hydrogen-bond donors (Lipinski definition) is 2. The Kier molecular flexibility index (Phi) is 4.36. The minimum absolute atomic E-state index is 0.149. The van der Waals surface area contributed by atoms with Crippen LogP contribution in [0.1, 0.15) is 26.7 Å². The highest BCUT2D eigenvalue weighted by Gasteiger charge is 2.36. The molecule has 1 atom stereocenters. The molecule has 5 nitrogen and oxygen atoms in total. The van der Waals surface area contributed by atoms with Crippen molar-refractivity contribution in [3.63, 3.8) is 0 Å². The zero-order chi connectivity index (χ0) is 14.8. The molecule has 1 aromatic carbocycles. The molecule has 0 saturated carbocycles. The Bertz CT molecular complexity index is 570. The average Bonchev–Trinajstić information content (AvgIpc) is 2.38. The predicted molar refractivity (Wildman–Crippen MR) is 79.2 cm³/mol. The third-order valence-corrected chi connectivity index (χ3v) is 5.42. The van der Waals surface area contributed by atoms with E-state index in [1.54, 1.807) is 25.1 Å². The first-order chi connectivity index (χ1) is 9.37. The molecule has 1 aliphatic heterocycles. The zero-order valence-corrected chi connectivity index (χ0v) is 12.8. The molecule has 0 amide bonds. The number of aliphatic hydroxyl groups is 1. The maximum absolute atomic E-state index is 12.7. The third kappa shape index (κ3) is 3.13. The first-order valence-corrected chi connectivity index (χ1v) is 8.36. The largest absolute Gasteiger partial charge is 0.389 e. The van der Waals surface area contributed by atoms with Crippen molar-refractivity contribution in [1.29, 1.82) is 0 Å². The van der Waals surface area contributed by atoms with Crippen LogP contribution in [0.15, 0.2) is 29.2 Å². The normalized spacial score (nSPS) is 24.6. The van der Waals surface area contributed by atoms with E-state index in [2.05, 4.69) is 5.32 Å². The molecule has 1 unspecified atom stereocenters. The van der Waals surface area contributed by atoms with Crippen LogP contribution in [0.3, 0.4) is 0 Å². The monoisotopic (exact) mass is 298 g/mol. The molecular formula is C14H22N2O3S. The Labute approximate surface area is 120 Å². The molecule has 20 heavy (non-hydrogen) atoms. The van der Waals surface area contributed by atoms with Gasteiger partial charge in [0.2, 0.25) is 10.0 Å². The van der Waals surface area contributed by atoms with Gasteiger partial charge in [-0.1, -0.05) is 12.1 Å². The van der Waals surface area contributed by atoms with Crippen molar-refractivity contribution in [1.82, 2.24) is 4.31 Å². The van der Waals surface area contributed by atoms with Gasteiger partial charge in [0.1, 0.15) is 4.90 Å². The van der Waals surface area contributed by atoms with Gasteiger partial charge in [-0.05, 0) is 38.8 Å². The lowest BCUT2D eigenvalue weighted by Crippen LogP contribution is -2.48. The van der Waals surface area contributed by atoms with E-state index >= 15 is 0 Å². The molecule has 1 aromatic rings. The molecule has 0 bridgehead atoms. The molecular weight excluding hydrogens is 276 g/mol. The van der Waals surface area contributed by atoms with Crippen LogP contribution < -0.4 is 5.32 Å². The summed E-state index contributed by atoms with van der Waals surface area (Å²) in [6.07, 6.45) is 1.31. The molecule has 2 N–H and O–H groups in total. The van der Waals surface area contributed by atoms with Crippen LogP contribution in [0, 0.1) is 0 Å². The minimum atomic E-state index is -3.58. The lowest BCUT2D eigenvalue weighted by atomic mass is 9.97. The van der Waals surface area contributed by atoms with E-state index in [9.17, 15) is 13.5 Å². The number of rotatable bonds is 4. The summed E-state index contributed by atoms with van der Waals surface area (Å²) in [6.45, 7) is 4.87. The second-order valence-electron chi connectivity index (χ2n) is 5.47. The molecule has 1 saturated heterocycles. The Morgan fingerprint density at radius 3 is 2.75 bits per heavy atom. The van der Waals surface area contributed by atoms with E-state index < -0.39 is 15.6 Å². The molecule has 0 aliphatic carbocycles. The van der Waals surface area contributed by atoms with Gasteiger partial charge in [-0.25, -0.2) is 8.42 Å². The lowest BCUT2D eigenvalue weighted by Gasteiger charge is -2.36. The van der Waals surface area contributed by atoms with E-state index in [4.69, 9.17) is 0 Å². The number of anilines is 1. The molecule has 1 fully saturated rings. The molecule has 0 aromatic heterocycles. The SMILES string of the molecule is CCNc1ccccc1S(=O)(=O)N1CCCC(C)(O)C1. The van der Waals surface area contributed by atoms with E-state index in [0.29, 0.717) is 31.6 Å². The molecule has 112 valence electrons. The van der Waals surface area contributed by atoms with Gasteiger partial charge in [0.25, 0.3) is 0 Å². The van der Waals surface area contributed by atoms with E-state index in [1.807, 2.05) is 13.0 Å². The number of nitrogens with one attached hydrogen (secondary N) is 1. The van der Waals surface area contributed by atoms with Gasteiger partial charge in [0.05, 0.1) is 11.3 Å². The van der Waals surface area contributed by atoms with Gasteiger partial charge in [-0.3, -0.25) is 0 Å². The van der Waals surface area contributed by atoms with Crippen LogP contribution in [0.5, 0.6) is 0 Å². The summed E-state index contributed by atoms with van der Waals surface area (Å²) < 4.78 is 26.9. The molecule has 6 heteroatoms. The highest BCUT2D eigenvalue weighted by molar-refractivity contribution is 7.89. The Hall–Kier alpha value is -1.11. The summed E-state index contributed by atoms with van der Waals surface area (Å²) in [6, 6.07) is 6.90. The van der Waals surface area contributed by atoms with Crippen molar-refractivity contribution < 1.29 is 13.5 Å². The Balaban J connectivity index is 2.35. The van der Waals surface area contributed by atoms with Gasteiger partial charge < -0.3 is 10.4 Å². The number of sulfonamides is 1. The van der Waals surface area contributed by atoms with E-state index in [0.717, 1.165) is 0 Å². The molecule has 2 rings (SSSR count). The van der Waals surface area contributed by atoms with Gasteiger partial charge >= 0.3 is 0 Å². The number of benzene rings is 1. The van der Waals surface area contributed by atoms with Crippen molar-refractivity contribution >= 4 is 15.7 Å². The van der Waals surface area contributed by atoms with Crippen LogP contribution in [0.25, 0.3) is 0 Å². The van der Waals surface area contributed by atoms with Gasteiger partial charge in [-0.15, -0.1) is 0 Å². The highest BCUT2D eigenvalue weighted by Crippen LogP contribution is 2.29. The van der Waals surface area contributed by atoms with Crippen molar-refractivity contribution in [2.75, 3.05) is 25.0 Å². The van der Waals surface area contributed by atoms with Crippen molar-refractivity contribution in [3.8, 4) is 0 Å².